The summed E-state index contributed by atoms with van der Waals surface area (Å²) in [5.41, 5.74) is 4.28. The molecule has 1 amide bonds. The van der Waals surface area contributed by atoms with E-state index in [0.29, 0.717) is 10.4 Å². The van der Waals surface area contributed by atoms with Gasteiger partial charge in [0.2, 0.25) is 10.0 Å². The van der Waals surface area contributed by atoms with Gasteiger partial charge in [0.1, 0.15) is 6.54 Å². The zero-order valence-electron chi connectivity index (χ0n) is 17.6. The smallest absolute Gasteiger partial charge is 0.271 e. The number of hydrazone groups is 1. The number of sulfonamides is 1. The quantitative estimate of drug-likeness (QED) is 0.434. The summed E-state index contributed by atoms with van der Waals surface area (Å²) in [5.74, 6) is -0.792. The van der Waals surface area contributed by atoms with Gasteiger partial charge in [0.15, 0.2) is 0 Å². The van der Waals surface area contributed by atoms with Crippen LogP contribution in [-0.4, -0.2) is 33.3 Å². The fraction of sp³-hybridized carbons (Fsp3) is 0.217. The molecule has 6 nitrogen and oxygen atoms in total. The number of carbonyl (C=O) groups excluding carboxylic acids is 1. The van der Waals surface area contributed by atoms with Crippen molar-refractivity contribution in [3.8, 4) is 0 Å². The number of halogens is 3. The van der Waals surface area contributed by atoms with E-state index in [4.69, 9.17) is 0 Å². The van der Waals surface area contributed by atoms with Gasteiger partial charge in [-0.05, 0) is 52.9 Å². The summed E-state index contributed by atoms with van der Waals surface area (Å²) in [5, 5.41) is 6.11. The number of carbonyl (C=O) groups is 1. The molecule has 1 aliphatic rings. The van der Waals surface area contributed by atoms with Gasteiger partial charge in [-0.15, -0.1) is 0 Å². The molecule has 0 spiro atoms. The van der Waals surface area contributed by atoms with E-state index in [1.807, 2.05) is 24.3 Å². The first-order valence-corrected chi connectivity index (χ1v) is 11.9. The zero-order valence-corrected chi connectivity index (χ0v) is 18.4. The van der Waals surface area contributed by atoms with Crippen LogP contribution in [-0.2, 0) is 33.8 Å². The van der Waals surface area contributed by atoms with E-state index in [9.17, 15) is 26.4 Å². The molecule has 1 aliphatic carbocycles. The van der Waals surface area contributed by atoms with Gasteiger partial charge in [0.05, 0.1) is 23.7 Å². The molecule has 0 radical (unpaired) electrons. The Balaban J connectivity index is 1.52. The summed E-state index contributed by atoms with van der Waals surface area (Å²) in [7, 11) is -4.03. The lowest BCUT2D eigenvalue weighted by molar-refractivity contribution is -0.137. The largest absolute Gasteiger partial charge is 0.416 e. The molecular weight excluding hydrogens is 455 g/mol. The maximum absolute atomic E-state index is 13.0. The van der Waals surface area contributed by atoms with Crippen molar-refractivity contribution in [3.05, 3.63) is 76.9 Å². The van der Waals surface area contributed by atoms with Crippen molar-refractivity contribution in [3.63, 3.8) is 0 Å². The first kappa shape index (κ1) is 22.8. The van der Waals surface area contributed by atoms with Crippen molar-refractivity contribution >= 4 is 38.6 Å². The highest BCUT2D eigenvalue weighted by Crippen LogP contribution is 2.33. The number of amides is 1. The number of hydrogen-bond acceptors (Lipinski definition) is 4. The third-order valence-electron chi connectivity index (χ3n) is 5.45. The van der Waals surface area contributed by atoms with E-state index in [1.54, 1.807) is 0 Å². The van der Waals surface area contributed by atoms with Crippen molar-refractivity contribution in [1.82, 2.24) is 5.43 Å². The number of nitrogens with zero attached hydrogens (tertiary/aromatic N) is 2. The minimum atomic E-state index is -4.65. The van der Waals surface area contributed by atoms with Crippen molar-refractivity contribution in [2.24, 2.45) is 5.10 Å². The molecule has 0 heterocycles. The van der Waals surface area contributed by atoms with E-state index in [1.165, 1.54) is 28.8 Å². The third kappa shape index (κ3) is 4.85. The fourth-order valence-corrected chi connectivity index (χ4v) is 4.81. The van der Waals surface area contributed by atoms with Gasteiger partial charge in [-0.3, -0.25) is 9.10 Å². The Morgan fingerprint density at radius 3 is 2.48 bits per heavy atom. The predicted octanol–water partition coefficient (Wildman–Crippen LogP) is 3.87. The second kappa shape index (κ2) is 8.51. The van der Waals surface area contributed by atoms with Gasteiger partial charge in [-0.25, -0.2) is 13.8 Å². The van der Waals surface area contributed by atoms with E-state index in [2.05, 4.69) is 16.6 Å². The van der Waals surface area contributed by atoms with E-state index >= 15 is 0 Å². The van der Waals surface area contributed by atoms with E-state index in [0.717, 1.165) is 42.2 Å². The lowest BCUT2D eigenvalue weighted by Crippen LogP contribution is -2.39. The Kier molecular flexibility index (Phi) is 5.87. The summed E-state index contributed by atoms with van der Waals surface area (Å²) in [6.07, 6.45) is -0.419. The summed E-state index contributed by atoms with van der Waals surface area (Å²) >= 11 is 0. The molecule has 0 unspecified atom stereocenters. The average Bonchev–Trinajstić information content (AvgIpc) is 3.17. The van der Waals surface area contributed by atoms with Crippen LogP contribution in [0.4, 0.5) is 18.9 Å². The summed E-state index contributed by atoms with van der Waals surface area (Å²) in [4.78, 5) is 12.4. The maximum Gasteiger partial charge on any atom is 0.416 e. The molecule has 0 saturated carbocycles. The Morgan fingerprint density at radius 2 is 1.79 bits per heavy atom. The number of anilines is 1. The Labute approximate surface area is 188 Å². The lowest BCUT2D eigenvalue weighted by Gasteiger charge is -2.22. The molecule has 4 rings (SSSR count). The molecule has 1 N–H and O–H groups in total. The van der Waals surface area contributed by atoms with Crippen molar-refractivity contribution in [1.29, 1.82) is 0 Å². The molecule has 0 aliphatic heterocycles. The molecule has 0 bridgehead atoms. The molecule has 3 aromatic carbocycles. The number of rotatable bonds is 6. The van der Waals surface area contributed by atoms with Crippen LogP contribution in [0.2, 0.25) is 0 Å². The molecular formula is C23H20F3N3O3S. The number of alkyl halides is 3. The molecule has 33 heavy (non-hydrogen) atoms. The Morgan fingerprint density at radius 1 is 1.09 bits per heavy atom. The van der Waals surface area contributed by atoms with Gasteiger partial charge in [-0.2, -0.15) is 18.3 Å². The topological polar surface area (TPSA) is 78.8 Å². The van der Waals surface area contributed by atoms with E-state index in [-0.39, 0.29) is 5.69 Å². The minimum Gasteiger partial charge on any atom is -0.271 e. The maximum atomic E-state index is 13.0. The van der Waals surface area contributed by atoms with Crippen LogP contribution < -0.4 is 9.73 Å². The van der Waals surface area contributed by atoms with Crippen LogP contribution in [0.15, 0.2) is 59.7 Å². The van der Waals surface area contributed by atoms with Gasteiger partial charge < -0.3 is 0 Å². The van der Waals surface area contributed by atoms with Crippen LogP contribution in [0.1, 0.15) is 22.3 Å². The zero-order chi connectivity index (χ0) is 23.8. The first-order valence-electron chi connectivity index (χ1n) is 10.0. The van der Waals surface area contributed by atoms with Crippen LogP contribution in [0.3, 0.4) is 0 Å². The number of aryl methyl sites for hydroxylation is 2. The minimum absolute atomic E-state index is 0.265. The fourth-order valence-electron chi connectivity index (χ4n) is 3.96. The third-order valence-corrected chi connectivity index (χ3v) is 6.59. The molecule has 172 valence electrons. The molecule has 0 saturated heterocycles. The molecule has 0 fully saturated rings. The number of hydrogen-bond donors (Lipinski definition) is 1. The van der Waals surface area contributed by atoms with Gasteiger partial charge >= 0.3 is 6.18 Å². The molecule has 0 atom stereocenters. The normalized spacial score (nSPS) is 13.6. The van der Waals surface area contributed by atoms with Gasteiger partial charge in [-0.1, -0.05) is 36.4 Å². The van der Waals surface area contributed by atoms with Crippen LogP contribution in [0.25, 0.3) is 10.8 Å². The van der Waals surface area contributed by atoms with Crippen molar-refractivity contribution in [2.45, 2.75) is 19.0 Å². The number of benzene rings is 3. The molecule has 3 aromatic rings. The van der Waals surface area contributed by atoms with Crippen molar-refractivity contribution < 1.29 is 26.4 Å². The van der Waals surface area contributed by atoms with Crippen LogP contribution >= 0.6 is 0 Å². The Bertz CT molecular complexity index is 1360. The number of nitrogens with one attached hydrogen (secondary N) is 1. The second-order valence-corrected chi connectivity index (χ2v) is 9.67. The van der Waals surface area contributed by atoms with E-state index < -0.39 is 34.2 Å². The highest BCUT2D eigenvalue weighted by Gasteiger charge is 2.32. The van der Waals surface area contributed by atoms with Gasteiger partial charge in [0, 0.05) is 5.56 Å². The first-order chi connectivity index (χ1) is 15.5. The highest BCUT2D eigenvalue weighted by atomic mass is 32.2. The monoisotopic (exact) mass is 475 g/mol. The van der Waals surface area contributed by atoms with Crippen LogP contribution in [0.5, 0.6) is 0 Å². The summed E-state index contributed by atoms with van der Waals surface area (Å²) < 4.78 is 64.0. The summed E-state index contributed by atoms with van der Waals surface area (Å²) in [6.45, 7) is -0.721. The van der Waals surface area contributed by atoms with Crippen LogP contribution in [0, 0.1) is 0 Å². The Hall–Kier alpha value is -3.40. The average molecular weight is 475 g/mol. The standard InChI is InChI=1S/C23H20F3N3O3S/c1-33(31,32)29(19-6-3-5-18(12-19)23(24,25)26)14-21(30)28-27-13-17-11-10-16-9-8-15-4-2-7-20(17)22(15)16/h2-7,10-13H,8-9,14H2,1H3,(H,28,30)/b27-13-. The highest BCUT2D eigenvalue weighted by molar-refractivity contribution is 7.92. The second-order valence-electron chi connectivity index (χ2n) is 7.76. The van der Waals surface area contributed by atoms with Crippen molar-refractivity contribution in [2.75, 3.05) is 17.1 Å². The molecule has 10 heteroatoms. The summed E-state index contributed by atoms with van der Waals surface area (Å²) in [6, 6.07) is 13.7. The lowest BCUT2D eigenvalue weighted by atomic mass is 10.0. The molecule has 0 aromatic heterocycles. The predicted molar refractivity (Wildman–Crippen MR) is 121 cm³/mol. The van der Waals surface area contributed by atoms with Gasteiger partial charge in [0.25, 0.3) is 5.91 Å². The SMILES string of the molecule is CS(=O)(=O)N(CC(=O)N/N=C\c1ccc2c3c(cccc13)CC2)c1cccc(C(F)(F)F)c1.